The molecule has 2 heterocycles. The number of carbonyl (C=O) groups excluding carboxylic acids is 1. The van der Waals surface area contributed by atoms with Gasteiger partial charge in [-0.1, -0.05) is 44.2 Å². The lowest BCUT2D eigenvalue weighted by Crippen LogP contribution is -2.29. The van der Waals surface area contributed by atoms with Crippen molar-refractivity contribution in [3.63, 3.8) is 0 Å². The Morgan fingerprint density at radius 3 is 2.66 bits per heavy atom. The summed E-state index contributed by atoms with van der Waals surface area (Å²) < 4.78 is 12.5. The highest BCUT2D eigenvalue weighted by Crippen LogP contribution is 2.37. The van der Waals surface area contributed by atoms with Gasteiger partial charge in [-0.05, 0) is 37.5 Å². The molecule has 0 bridgehead atoms. The summed E-state index contributed by atoms with van der Waals surface area (Å²) in [5.41, 5.74) is 2.20. The fourth-order valence-electron chi connectivity index (χ4n) is 3.13. The number of aromatic nitrogens is 3. The Morgan fingerprint density at radius 1 is 1.24 bits per heavy atom. The summed E-state index contributed by atoms with van der Waals surface area (Å²) >= 11 is 1.63. The zero-order chi connectivity index (χ0) is 20.8. The van der Waals surface area contributed by atoms with Gasteiger partial charge in [0.15, 0.2) is 0 Å². The fourth-order valence-corrected chi connectivity index (χ4v) is 4.04. The van der Waals surface area contributed by atoms with Crippen molar-refractivity contribution in [2.24, 2.45) is 0 Å². The number of ether oxygens (including phenoxy) is 2. The largest absolute Gasteiger partial charge is 0.497 e. The van der Waals surface area contributed by atoms with E-state index in [4.69, 9.17) is 14.6 Å². The van der Waals surface area contributed by atoms with Crippen LogP contribution in [0.25, 0.3) is 0 Å². The summed E-state index contributed by atoms with van der Waals surface area (Å²) in [5.74, 6) is 2.02. The van der Waals surface area contributed by atoms with Crippen molar-refractivity contribution in [2.45, 2.75) is 51.2 Å². The minimum Gasteiger partial charge on any atom is -0.497 e. The molecule has 0 aliphatic carbocycles. The number of fused-ring (bicyclic) bond motifs is 1. The molecule has 1 aliphatic heterocycles. The molecule has 7 nitrogen and oxygen atoms in total. The second-order valence-corrected chi connectivity index (χ2v) is 7.90. The first-order chi connectivity index (χ1) is 14.1. The highest BCUT2D eigenvalue weighted by Gasteiger charge is 2.35. The van der Waals surface area contributed by atoms with Gasteiger partial charge in [0, 0.05) is 11.4 Å². The number of unbranched alkanes of at least 4 members (excludes halogenated alkanes) is 1. The van der Waals surface area contributed by atoms with Gasteiger partial charge in [0.25, 0.3) is 0 Å². The Morgan fingerprint density at radius 2 is 2.00 bits per heavy atom. The Hall–Kier alpha value is -2.48. The van der Waals surface area contributed by atoms with E-state index in [1.807, 2.05) is 38.1 Å². The molecule has 2 aromatic rings. The Bertz CT molecular complexity index is 877. The van der Waals surface area contributed by atoms with Crippen LogP contribution >= 0.6 is 11.8 Å². The summed E-state index contributed by atoms with van der Waals surface area (Å²) in [5, 5.41) is 8.64. The molecule has 29 heavy (non-hydrogen) atoms. The van der Waals surface area contributed by atoms with Crippen molar-refractivity contribution in [3.05, 3.63) is 41.1 Å². The Balaban J connectivity index is 2.00. The van der Waals surface area contributed by atoms with Crippen LogP contribution in [0.3, 0.4) is 0 Å². The molecule has 1 aromatic carbocycles. The number of hydrogen-bond donors (Lipinski definition) is 1. The molecule has 1 unspecified atom stereocenters. The third kappa shape index (κ3) is 4.75. The zero-order valence-corrected chi connectivity index (χ0v) is 18.2. The van der Waals surface area contributed by atoms with Gasteiger partial charge in [-0.15, -0.1) is 5.10 Å². The van der Waals surface area contributed by atoms with E-state index in [0.29, 0.717) is 23.3 Å². The molecular weight excluding hydrogens is 388 g/mol. The van der Waals surface area contributed by atoms with Crippen molar-refractivity contribution in [1.82, 2.24) is 14.8 Å². The van der Waals surface area contributed by atoms with Crippen LogP contribution in [0.15, 0.2) is 40.7 Å². The van der Waals surface area contributed by atoms with Crippen LogP contribution in [-0.4, -0.2) is 40.2 Å². The van der Waals surface area contributed by atoms with Gasteiger partial charge in [-0.25, -0.2) is 9.48 Å². The maximum atomic E-state index is 12.9. The van der Waals surface area contributed by atoms with Crippen LogP contribution in [0.1, 0.15) is 51.6 Å². The second-order valence-electron chi connectivity index (χ2n) is 6.84. The fraction of sp³-hybridized carbons (Fsp3) is 0.476. The first-order valence-corrected chi connectivity index (χ1v) is 11.0. The molecule has 0 radical (unpaired) electrons. The normalized spacial score (nSPS) is 15.7. The van der Waals surface area contributed by atoms with Gasteiger partial charge in [0.05, 0.1) is 19.3 Å². The Kier molecular flexibility index (Phi) is 7.19. The summed E-state index contributed by atoms with van der Waals surface area (Å²) in [6.45, 7) is 6.40. The van der Waals surface area contributed by atoms with Crippen LogP contribution in [0.5, 0.6) is 5.75 Å². The minimum atomic E-state index is -0.408. The van der Waals surface area contributed by atoms with Gasteiger partial charge in [0.1, 0.15) is 11.8 Å². The number of nitrogens with zero attached hydrogens (tertiary/aromatic N) is 3. The summed E-state index contributed by atoms with van der Waals surface area (Å²) in [4.78, 5) is 17.5. The second kappa shape index (κ2) is 9.82. The molecule has 156 valence electrons. The maximum Gasteiger partial charge on any atom is 0.338 e. The van der Waals surface area contributed by atoms with Gasteiger partial charge < -0.3 is 14.8 Å². The lowest BCUT2D eigenvalue weighted by Gasteiger charge is -2.28. The third-order valence-electron chi connectivity index (χ3n) is 4.65. The molecule has 0 fully saturated rings. The standard InChI is InChI=1S/C21H28N4O3S/c1-5-7-13-29-21-23-20-22-14(3)17(19(26)28-12-6-2)18(25(20)24-21)15-8-10-16(27-4)11-9-15/h8-11,18H,5-7,12-13H2,1-4H3,(H,22,23,24). The van der Waals surface area contributed by atoms with Gasteiger partial charge in [-0.3, -0.25) is 0 Å². The van der Waals surface area contributed by atoms with Crippen LogP contribution in [0.4, 0.5) is 5.95 Å². The van der Waals surface area contributed by atoms with Crippen molar-refractivity contribution < 1.29 is 14.3 Å². The van der Waals surface area contributed by atoms with Crippen molar-refractivity contribution >= 4 is 23.7 Å². The van der Waals surface area contributed by atoms with E-state index < -0.39 is 6.04 Å². The van der Waals surface area contributed by atoms with Crippen molar-refractivity contribution in [2.75, 3.05) is 24.8 Å². The molecule has 1 N–H and O–H groups in total. The molecule has 1 atom stereocenters. The predicted molar refractivity (Wildman–Crippen MR) is 114 cm³/mol. The first-order valence-electron chi connectivity index (χ1n) is 9.97. The van der Waals surface area contributed by atoms with Gasteiger partial charge >= 0.3 is 5.97 Å². The van der Waals surface area contributed by atoms with E-state index in [2.05, 4.69) is 17.2 Å². The van der Waals surface area contributed by atoms with Crippen molar-refractivity contribution in [1.29, 1.82) is 0 Å². The summed E-state index contributed by atoms with van der Waals surface area (Å²) in [6.07, 6.45) is 3.00. The predicted octanol–water partition coefficient (Wildman–Crippen LogP) is 4.42. The van der Waals surface area contributed by atoms with Crippen LogP contribution in [0, 0.1) is 0 Å². The average Bonchev–Trinajstić information content (AvgIpc) is 3.13. The highest BCUT2D eigenvalue weighted by molar-refractivity contribution is 7.99. The number of methoxy groups -OCH3 is 1. The number of esters is 1. The third-order valence-corrected chi connectivity index (χ3v) is 5.57. The molecule has 1 aromatic heterocycles. The van der Waals surface area contributed by atoms with E-state index in [-0.39, 0.29) is 5.97 Å². The van der Waals surface area contributed by atoms with Gasteiger partial charge in [-0.2, -0.15) is 4.98 Å². The number of benzene rings is 1. The number of nitrogens with one attached hydrogen (secondary N) is 1. The molecule has 8 heteroatoms. The quantitative estimate of drug-likeness (QED) is 0.368. The minimum absolute atomic E-state index is 0.334. The average molecular weight is 417 g/mol. The number of rotatable bonds is 9. The number of hydrogen-bond acceptors (Lipinski definition) is 7. The van der Waals surface area contributed by atoms with Crippen molar-refractivity contribution in [3.8, 4) is 5.75 Å². The molecule has 1 aliphatic rings. The molecule has 0 saturated carbocycles. The van der Waals surface area contributed by atoms with Crippen LogP contribution in [-0.2, 0) is 9.53 Å². The number of allylic oxidation sites excluding steroid dienone is 1. The van der Waals surface area contributed by atoms with Crippen LogP contribution in [0.2, 0.25) is 0 Å². The molecule has 0 amide bonds. The zero-order valence-electron chi connectivity index (χ0n) is 17.4. The van der Waals surface area contributed by atoms with Gasteiger partial charge in [0.2, 0.25) is 11.1 Å². The van der Waals surface area contributed by atoms with E-state index in [9.17, 15) is 4.79 Å². The molecular formula is C21H28N4O3S. The van der Waals surface area contributed by atoms with E-state index in [1.54, 1.807) is 23.6 Å². The molecule has 0 saturated heterocycles. The van der Waals surface area contributed by atoms with E-state index in [0.717, 1.165) is 42.0 Å². The smallest absolute Gasteiger partial charge is 0.338 e. The Labute approximate surface area is 175 Å². The maximum absolute atomic E-state index is 12.9. The number of anilines is 1. The van der Waals surface area contributed by atoms with Crippen LogP contribution < -0.4 is 10.1 Å². The first kappa shape index (κ1) is 21.2. The summed E-state index contributed by atoms with van der Waals surface area (Å²) in [6, 6.07) is 7.26. The number of carbonyl (C=O) groups is 1. The highest BCUT2D eigenvalue weighted by atomic mass is 32.2. The lowest BCUT2D eigenvalue weighted by atomic mass is 9.96. The number of thioether (sulfide) groups is 1. The van der Waals surface area contributed by atoms with E-state index >= 15 is 0 Å². The molecule has 3 rings (SSSR count). The topological polar surface area (TPSA) is 78.3 Å². The summed E-state index contributed by atoms with van der Waals surface area (Å²) in [7, 11) is 1.63. The molecule has 0 spiro atoms. The SMILES string of the molecule is CCCCSc1nc2n(n1)C(c1ccc(OC)cc1)C(C(=O)OCCC)=C(C)N2. The van der Waals surface area contributed by atoms with E-state index in [1.165, 1.54) is 0 Å². The lowest BCUT2D eigenvalue weighted by molar-refractivity contribution is -0.139. The monoisotopic (exact) mass is 416 g/mol.